The van der Waals surface area contributed by atoms with Gasteiger partial charge in [-0.05, 0) is 17.7 Å². The van der Waals surface area contributed by atoms with E-state index in [2.05, 4.69) is 6.07 Å². The molecule has 2 aromatic carbocycles. The van der Waals surface area contributed by atoms with Gasteiger partial charge in [0.05, 0.1) is 0 Å². The lowest BCUT2D eigenvalue weighted by Gasteiger charge is -2.03. The molecule has 0 unspecified atom stereocenters. The second kappa shape index (κ2) is 5.94. The van der Waals surface area contributed by atoms with Gasteiger partial charge in [0.15, 0.2) is 0 Å². The van der Waals surface area contributed by atoms with Gasteiger partial charge in [-0.1, -0.05) is 60.7 Å². The molecule has 4 rings (SSSR count). The Labute approximate surface area is 140 Å². The average molecular weight is 310 g/mol. The summed E-state index contributed by atoms with van der Waals surface area (Å²) in [5, 5.41) is 9.80. The molecule has 0 radical (unpaired) electrons. The van der Waals surface area contributed by atoms with E-state index in [1.165, 1.54) is 0 Å². The molecular weight excluding hydrogens is 296 g/mol. The first-order chi connectivity index (χ1) is 11.9. The maximum atomic E-state index is 9.80. The van der Waals surface area contributed by atoms with Crippen LogP contribution in [0.3, 0.4) is 0 Å². The summed E-state index contributed by atoms with van der Waals surface area (Å²) in [6.07, 6.45) is 3.76. The molecule has 0 saturated carbocycles. The Hall–Kier alpha value is -3.51. The molecular formula is C21H14N2O. The Morgan fingerprint density at radius 3 is 1.92 bits per heavy atom. The van der Waals surface area contributed by atoms with Crippen LogP contribution < -0.4 is 0 Å². The molecule has 2 heterocycles. The molecule has 0 spiro atoms. The molecule has 0 aliphatic rings. The third kappa shape index (κ3) is 2.31. The summed E-state index contributed by atoms with van der Waals surface area (Å²) < 4.78 is 7.99. The van der Waals surface area contributed by atoms with Crippen molar-refractivity contribution in [3.8, 4) is 34.4 Å². The van der Waals surface area contributed by atoms with Gasteiger partial charge in [0.2, 0.25) is 5.88 Å². The average Bonchev–Trinajstić information content (AvgIpc) is 3.30. The Morgan fingerprint density at radius 1 is 0.750 bits per heavy atom. The van der Waals surface area contributed by atoms with Crippen LogP contribution in [0.15, 0.2) is 89.6 Å². The molecule has 4 aromatic rings. The van der Waals surface area contributed by atoms with Crippen molar-refractivity contribution in [1.29, 1.82) is 5.26 Å². The first-order valence-corrected chi connectivity index (χ1v) is 7.69. The van der Waals surface area contributed by atoms with Crippen LogP contribution in [-0.2, 0) is 0 Å². The monoisotopic (exact) mass is 310 g/mol. The van der Waals surface area contributed by atoms with Gasteiger partial charge < -0.3 is 4.42 Å². The van der Waals surface area contributed by atoms with E-state index in [9.17, 15) is 5.26 Å². The minimum Gasteiger partial charge on any atom is -0.438 e. The number of furan rings is 1. The van der Waals surface area contributed by atoms with Crippen molar-refractivity contribution in [3.05, 3.63) is 90.8 Å². The van der Waals surface area contributed by atoms with Crippen molar-refractivity contribution >= 4 is 0 Å². The van der Waals surface area contributed by atoms with E-state index in [1.807, 2.05) is 89.8 Å². The fourth-order valence-corrected chi connectivity index (χ4v) is 2.85. The van der Waals surface area contributed by atoms with Crippen LogP contribution in [0.25, 0.3) is 28.3 Å². The number of aromatic nitrogens is 1. The predicted octanol–water partition coefficient (Wildman–Crippen LogP) is 5.28. The van der Waals surface area contributed by atoms with E-state index in [0.29, 0.717) is 17.2 Å². The number of nitriles is 1. The van der Waals surface area contributed by atoms with Crippen LogP contribution in [0, 0.1) is 11.3 Å². The highest BCUT2D eigenvalue weighted by Gasteiger charge is 2.23. The predicted molar refractivity (Wildman–Crippen MR) is 93.6 cm³/mol. The van der Waals surface area contributed by atoms with Crippen LogP contribution in [0.4, 0.5) is 0 Å². The Morgan fingerprint density at radius 2 is 1.33 bits per heavy atom. The van der Waals surface area contributed by atoms with Gasteiger partial charge in [-0.2, -0.15) is 5.26 Å². The smallest absolute Gasteiger partial charge is 0.222 e. The lowest BCUT2D eigenvalue weighted by Crippen LogP contribution is -1.90. The minimum atomic E-state index is 0.538. The van der Waals surface area contributed by atoms with E-state index >= 15 is 0 Å². The Balaban J connectivity index is 2.04. The zero-order valence-electron chi connectivity index (χ0n) is 12.9. The molecule has 0 fully saturated rings. The number of nitrogens with zero attached hydrogens (tertiary/aromatic N) is 2. The molecule has 0 bridgehead atoms. The highest BCUT2D eigenvalue weighted by Crippen LogP contribution is 2.40. The summed E-state index contributed by atoms with van der Waals surface area (Å²) in [5.74, 6) is 1.25. The molecule has 0 atom stereocenters. The largest absolute Gasteiger partial charge is 0.438 e. The SMILES string of the molecule is N#Cc1c(-n2cccc2)oc(-c2ccccc2)c1-c1ccccc1. The van der Waals surface area contributed by atoms with Crippen LogP contribution >= 0.6 is 0 Å². The summed E-state index contributed by atoms with van der Waals surface area (Å²) in [7, 11) is 0. The van der Waals surface area contributed by atoms with Crippen LogP contribution in [0.2, 0.25) is 0 Å². The molecule has 3 heteroatoms. The summed E-state index contributed by atoms with van der Waals surface area (Å²) in [6, 6.07) is 25.9. The Kier molecular flexibility index (Phi) is 3.49. The molecule has 3 nitrogen and oxygen atoms in total. The van der Waals surface area contributed by atoms with Crippen molar-refractivity contribution in [1.82, 2.24) is 4.57 Å². The molecule has 0 aliphatic carbocycles. The van der Waals surface area contributed by atoms with E-state index in [1.54, 1.807) is 0 Å². The van der Waals surface area contributed by atoms with E-state index in [4.69, 9.17) is 4.42 Å². The van der Waals surface area contributed by atoms with Gasteiger partial charge in [0.25, 0.3) is 0 Å². The van der Waals surface area contributed by atoms with Crippen molar-refractivity contribution in [2.75, 3.05) is 0 Å². The normalized spacial score (nSPS) is 10.5. The maximum absolute atomic E-state index is 9.80. The first kappa shape index (κ1) is 14.1. The summed E-state index contributed by atoms with van der Waals surface area (Å²) >= 11 is 0. The summed E-state index contributed by atoms with van der Waals surface area (Å²) in [6.45, 7) is 0. The van der Waals surface area contributed by atoms with Gasteiger partial charge in [0.1, 0.15) is 17.4 Å². The number of benzene rings is 2. The molecule has 2 aromatic heterocycles. The van der Waals surface area contributed by atoms with Gasteiger partial charge in [-0.15, -0.1) is 0 Å². The van der Waals surface area contributed by atoms with Crippen LogP contribution in [0.1, 0.15) is 5.56 Å². The topological polar surface area (TPSA) is 41.9 Å². The maximum Gasteiger partial charge on any atom is 0.222 e. The lowest BCUT2D eigenvalue weighted by atomic mass is 9.98. The zero-order chi connectivity index (χ0) is 16.4. The third-order valence-corrected chi connectivity index (χ3v) is 3.94. The van der Waals surface area contributed by atoms with Crippen molar-refractivity contribution < 1.29 is 4.42 Å². The quantitative estimate of drug-likeness (QED) is 0.517. The van der Waals surface area contributed by atoms with Crippen molar-refractivity contribution in [2.45, 2.75) is 0 Å². The molecule has 0 amide bonds. The van der Waals surface area contributed by atoms with E-state index < -0.39 is 0 Å². The lowest BCUT2D eigenvalue weighted by molar-refractivity contribution is 0.552. The third-order valence-electron chi connectivity index (χ3n) is 3.94. The first-order valence-electron chi connectivity index (χ1n) is 7.69. The molecule has 0 saturated heterocycles. The van der Waals surface area contributed by atoms with Gasteiger partial charge in [0, 0.05) is 23.5 Å². The van der Waals surface area contributed by atoms with Crippen LogP contribution in [0.5, 0.6) is 0 Å². The van der Waals surface area contributed by atoms with Gasteiger partial charge in [-0.25, -0.2) is 0 Å². The fourth-order valence-electron chi connectivity index (χ4n) is 2.85. The number of hydrogen-bond donors (Lipinski definition) is 0. The van der Waals surface area contributed by atoms with E-state index in [0.717, 1.165) is 16.7 Å². The van der Waals surface area contributed by atoms with Crippen LogP contribution in [-0.4, -0.2) is 4.57 Å². The Bertz CT molecular complexity index is 991. The van der Waals surface area contributed by atoms with Gasteiger partial charge in [-0.3, -0.25) is 4.57 Å². The molecule has 24 heavy (non-hydrogen) atoms. The second-order valence-electron chi connectivity index (χ2n) is 5.42. The van der Waals surface area contributed by atoms with Crippen molar-refractivity contribution in [2.24, 2.45) is 0 Å². The highest BCUT2D eigenvalue weighted by atomic mass is 16.4. The van der Waals surface area contributed by atoms with Gasteiger partial charge >= 0.3 is 0 Å². The van der Waals surface area contributed by atoms with Crippen molar-refractivity contribution in [3.63, 3.8) is 0 Å². The highest BCUT2D eigenvalue weighted by molar-refractivity contribution is 5.86. The summed E-state index contributed by atoms with van der Waals surface area (Å²) in [5.41, 5.74) is 3.28. The molecule has 0 aliphatic heterocycles. The number of hydrogen-bond acceptors (Lipinski definition) is 2. The minimum absolute atomic E-state index is 0.538. The second-order valence-corrected chi connectivity index (χ2v) is 5.42. The zero-order valence-corrected chi connectivity index (χ0v) is 12.9. The standard InChI is InChI=1S/C21H14N2O/c22-15-18-19(16-9-3-1-4-10-16)20(17-11-5-2-6-12-17)24-21(18)23-13-7-8-14-23/h1-14H. The fraction of sp³-hybridized carbons (Fsp3) is 0. The molecule has 0 N–H and O–H groups in total. The molecule has 114 valence electrons. The number of rotatable bonds is 3. The van der Waals surface area contributed by atoms with E-state index in [-0.39, 0.29) is 0 Å². The summed E-state index contributed by atoms with van der Waals surface area (Å²) in [4.78, 5) is 0.